The summed E-state index contributed by atoms with van der Waals surface area (Å²) >= 11 is 0. The Morgan fingerprint density at radius 1 is 1.19 bits per heavy atom. The molecule has 0 radical (unpaired) electrons. The van der Waals surface area contributed by atoms with Crippen molar-refractivity contribution in [1.29, 1.82) is 0 Å². The van der Waals surface area contributed by atoms with Crippen molar-refractivity contribution < 1.29 is 10.0 Å². The summed E-state index contributed by atoms with van der Waals surface area (Å²) in [6.07, 6.45) is 6.48. The van der Waals surface area contributed by atoms with Crippen LogP contribution in [0.25, 0.3) is 0 Å². The van der Waals surface area contributed by atoms with E-state index in [2.05, 4.69) is 44.7 Å². The van der Waals surface area contributed by atoms with Crippen LogP contribution in [0, 0.1) is 35.0 Å². The number of ketones is 1. The van der Waals surface area contributed by atoms with E-state index in [1.807, 2.05) is 0 Å². The molecule has 4 rings (SSSR count). The summed E-state index contributed by atoms with van der Waals surface area (Å²) in [5.41, 5.74) is 1.32. The lowest BCUT2D eigenvalue weighted by atomic mass is 9.52. The highest BCUT2D eigenvalue weighted by Gasteiger charge is 2.62. The first-order valence-electron chi connectivity index (χ1n) is 10.8. The number of oxime groups is 1. The predicted octanol–water partition coefficient (Wildman–Crippen LogP) is 4.36. The average Bonchev–Trinajstić information content (AvgIpc) is 2.91. The van der Waals surface area contributed by atoms with Crippen molar-refractivity contribution in [2.24, 2.45) is 40.2 Å². The molecule has 2 heterocycles. The zero-order chi connectivity index (χ0) is 18.9. The second-order valence-corrected chi connectivity index (χ2v) is 10.4. The summed E-state index contributed by atoms with van der Waals surface area (Å²) in [5.74, 6) is 3.39. The van der Waals surface area contributed by atoms with E-state index in [1.54, 1.807) is 0 Å². The van der Waals surface area contributed by atoms with E-state index in [0.717, 1.165) is 31.5 Å². The van der Waals surface area contributed by atoms with Crippen LogP contribution >= 0.6 is 0 Å². The Kier molecular flexibility index (Phi) is 4.30. The van der Waals surface area contributed by atoms with Crippen molar-refractivity contribution in [3.05, 3.63) is 0 Å². The number of hydrogen-bond donors (Lipinski definition) is 1. The second-order valence-electron chi connectivity index (χ2n) is 10.4. The van der Waals surface area contributed by atoms with Gasteiger partial charge >= 0.3 is 0 Å². The minimum atomic E-state index is 0.0689. The summed E-state index contributed by atoms with van der Waals surface area (Å²) in [5, 5.41) is 13.7. The minimum Gasteiger partial charge on any atom is -0.411 e. The van der Waals surface area contributed by atoms with Crippen LogP contribution in [0.5, 0.6) is 0 Å². The first-order chi connectivity index (χ1) is 12.2. The first kappa shape index (κ1) is 18.5. The Morgan fingerprint density at radius 2 is 1.92 bits per heavy atom. The van der Waals surface area contributed by atoms with Crippen LogP contribution in [0.1, 0.15) is 73.1 Å². The predicted molar refractivity (Wildman–Crippen MR) is 103 cm³/mol. The average molecular weight is 361 g/mol. The molecule has 0 spiro atoms. The lowest BCUT2D eigenvalue weighted by Crippen LogP contribution is -2.67. The summed E-state index contributed by atoms with van der Waals surface area (Å²) in [6.45, 7) is 12.5. The molecule has 2 saturated heterocycles. The van der Waals surface area contributed by atoms with Crippen LogP contribution in [-0.4, -0.2) is 39.7 Å². The van der Waals surface area contributed by atoms with E-state index >= 15 is 0 Å². The fraction of sp³-hybridized carbons (Fsp3) is 0.909. The molecule has 0 aromatic carbocycles. The smallest absolute Gasteiger partial charge is 0.149 e. The number of nitrogens with zero attached hydrogens (tertiary/aromatic N) is 2. The molecule has 0 bridgehead atoms. The molecule has 4 heteroatoms. The molecule has 4 aliphatic rings. The third-order valence-corrected chi connectivity index (χ3v) is 9.15. The Bertz CT molecular complexity index is 630. The molecule has 4 fully saturated rings. The van der Waals surface area contributed by atoms with Gasteiger partial charge in [0, 0.05) is 23.3 Å². The lowest BCUT2D eigenvalue weighted by molar-refractivity contribution is -0.150. The van der Waals surface area contributed by atoms with Gasteiger partial charge in [0.05, 0.1) is 11.8 Å². The Balaban J connectivity index is 1.67. The fourth-order valence-corrected chi connectivity index (χ4v) is 7.60. The van der Waals surface area contributed by atoms with Gasteiger partial charge in [0.25, 0.3) is 0 Å². The van der Waals surface area contributed by atoms with Crippen LogP contribution < -0.4 is 0 Å². The van der Waals surface area contributed by atoms with Gasteiger partial charge in [0.15, 0.2) is 0 Å². The first-order valence-corrected chi connectivity index (χ1v) is 10.8. The van der Waals surface area contributed by atoms with E-state index < -0.39 is 0 Å². The molecule has 2 aliphatic heterocycles. The Labute approximate surface area is 158 Å². The van der Waals surface area contributed by atoms with E-state index in [4.69, 9.17) is 0 Å². The molecule has 146 valence electrons. The van der Waals surface area contributed by atoms with Gasteiger partial charge in [-0.3, -0.25) is 9.69 Å². The van der Waals surface area contributed by atoms with E-state index in [0.29, 0.717) is 35.4 Å². The third kappa shape index (κ3) is 2.30. The minimum absolute atomic E-state index is 0.0689. The Morgan fingerprint density at radius 3 is 2.58 bits per heavy atom. The molecule has 2 aliphatic carbocycles. The van der Waals surface area contributed by atoms with Crippen LogP contribution in [0.15, 0.2) is 5.16 Å². The standard InChI is InChI=1S/C22H36N2O2/c1-13(2)16-12-18-15-8-11-24-14(3)19(25)7-10-22(24,5)17(15)6-9-21(18,4)20(16)23-26/h13-18,26H,6-12H2,1-5H3/t14?,15-,16?,17-,18+,21+,22-/m1/s1. The molecule has 26 heavy (non-hydrogen) atoms. The van der Waals surface area contributed by atoms with E-state index in [9.17, 15) is 10.0 Å². The van der Waals surface area contributed by atoms with Crippen molar-refractivity contribution in [3.63, 3.8) is 0 Å². The molecular weight excluding hydrogens is 324 g/mol. The van der Waals surface area contributed by atoms with Crippen LogP contribution in [0.4, 0.5) is 0 Å². The van der Waals surface area contributed by atoms with E-state index in [1.165, 1.54) is 19.3 Å². The van der Waals surface area contributed by atoms with Crippen molar-refractivity contribution >= 4 is 11.5 Å². The van der Waals surface area contributed by atoms with Gasteiger partial charge in [0.2, 0.25) is 0 Å². The maximum absolute atomic E-state index is 12.3. The molecule has 4 nitrogen and oxygen atoms in total. The van der Waals surface area contributed by atoms with Gasteiger partial charge < -0.3 is 5.21 Å². The highest BCUT2D eigenvalue weighted by molar-refractivity contribution is 5.94. The molecule has 0 aromatic heterocycles. The molecule has 0 aromatic rings. The number of carbonyl (C=O) groups is 1. The summed E-state index contributed by atoms with van der Waals surface area (Å²) in [6, 6.07) is 0.0876. The molecule has 2 saturated carbocycles. The summed E-state index contributed by atoms with van der Waals surface area (Å²) in [4.78, 5) is 14.8. The zero-order valence-electron chi connectivity index (χ0n) is 17.2. The van der Waals surface area contributed by atoms with Gasteiger partial charge in [-0.25, -0.2) is 0 Å². The third-order valence-electron chi connectivity index (χ3n) is 9.15. The normalized spacial score (nSPS) is 50.6. The molecule has 2 unspecified atom stereocenters. The van der Waals surface area contributed by atoms with Crippen LogP contribution in [-0.2, 0) is 4.79 Å². The highest BCUT2D eigenvalue weighted by Crippen LogP contribution is 2.62. The van der Waals surface area contributed by atoms with Gasteiger partial charge in [-0.15, -0.1) is 0 Å². The summed E-state index contributed by atoms with van der Waals surface area (Å²) < 4.78 is 0. The number of piperidine rings is 2. The van der Waals surface area contributed by atoms with E-state index in [-0.39, 0.29) is 17.0 Å². The monoisotopic (exact) mass is 360 g/mol. The molecular formula is C22H36N2O2. The number of Topliss-reactive ketones (excluding diaryl/α,β-unsaturated/α-hetero) is 1. The number of hydrogen-bond acceptors (Lipinski definition) is 4. The van der Waals surface area contributed by atoms with Crippen molar-refractivity contribution in [1.82, 2.24) is 4.90 Å². The SMILES string of the molecule is CC(C)C1C[C@H]2[C@@H]3CCN4C(C)C(=O)CC[C@]4(C)[C@@H]3CC[C@]2(C)C1=NO. The fourth-order valence-electron chi connectivity index (χ4n) is 7.60. The maximum Gasteiger partial charge on any atom is 0.149 e. The van der Waals surface area contributed by atoms with Crippen LogP contribution in [0.3, 0.4) is 0 Å². The van der Waals surface area contributed by atoms with Crippen molar-refractivity contribution in [2.75, 3.05) is 6.54 Å². The van der Waals surface area contributed by atoms with Gasteiger partial charge in [-0.2, -0.15) is 0 Å². The van der Waals surface area contributed by atoms with Gasteiger partial charge in [-0.05, 0) is 76.2 Å². The summed E-state index contributed by atoms with van der Waals surface area (Å²) in [7, 11) is 0. The maximum atomic E-state index is 12.3. The Hall–Kier alpha value is -0.900. The lowest BCUT2D eigenvalue weighted by Gasteiger charge is -2.62. The molecule has 0 amide bonds. The number of rotatable bonds is 1. The second kappa shape index (κ2) is 6.05. The highest BCUT2D eigenvalue weighted by atomic mass is 16.4. The van der Waals surface area contributed by atoms with Crippen LogP contribution in [0.2, 0.25) is 0 Å². The number of carbonyl (C=O) groups excluding carboxylic acids is 1. The van der Waals surface area contributed by atoms with Gasteiger partial charge in [-0.1, -0.05) is 25.9 Å². The van der Waals surface area contributed by atoms with Gasteiger partial charge in [0.1, 0.15) is 5.78 Å². The molecule has 1 N–H and O–H groups in total. The molecule has 7 atom stereocenters. The van der Waals surface area contributed by atoms with Crippen molar-refractivity contribution in [2.45, 2.75) is 84.7 Å². The topological polar surface area (TPSA) is 52.9 Å². The number of fused-ring (bicyclic) bond motifs is 5. The quantitative estimate of drug-likeness (QED) is 0.558. The zero-order valence-corrected chi connectivity index (χ0v) is 17.2. The largest absolute Gasteiger partial charge is 0.411 e. The van der Waals surface area contributed by atoms with Crippen molar-refractivity contribution in [3.8, 4) is 0 Å².